The number of carbonyl (C=O) groups is 2. The van der Waals surface area contributed by atoms with E-state index >= 15 is 0 Å². The maximum Gasteiger partial charge on any atom is 0.233 e. The Morgan fingerprint density at radius 3 is 2.64 bits per heavy atom. The lowest BCUT2D eigenvalue weighted by Gasteiger charge is -2.28. The average molecular weight is 466 g/mol. The molecule has 0 radical (unpaired) electrons. The van der Waals surface area contributed by atoms with Crippen LogP contribution in [0.25, 0.3) is 0 Å². The first kappa shape index (κ1) is 22.8. The van der Waals surface area contributed by atoms with Crippen LogP contribution in [0.15, 0.2) is 53.7 Å². The van der Waals surface area contributed by atoms with Crippen molar-refractivity contribution in [3.8, 4) is 5.75 Å². The van der Waals surface area contributed by atoms with Gasteiger partial charge in [-0.1, -0.05) is 48.2 Å². The molecule has 0 atom stereocenters. The molecule has 0 bridgehead atoms. The molecule has 0 aliphatic carbocycles. The third-order valence-electron chi connectivity index (χ3n) is 5.62. The predicted octanol–water partition coefficient (Wildman–Crippen LogP) is 3.16. The van der Waals surface area contributed by atoms with E-state index in [2.05, 4.69) is 27.6 Å². The van der Waals surface area contributed by atoms with Gasteiger partial charge in [0.25, 0.3) is 0 Å². The predicted molar refractivity (Wildman–Crippen MR) is 127 cm³/mol. The number of rotatable bonds is 8. The van der Waals surface area contributed by atoms with Crippen molar-refractivity contribution in [1.82, 2.24) is 19.7 Å². The highest BCUT2D eigenvalue weighted by Gasteiger charge is 2.22. The van der Waals surface area contributed by atoms with Crippen LogP contribution in [0.2, 0.25) is 0 Å². The average Bonchev–Trinajstić information content (AvgIpc) is 3.23. The van der Waals surface area contributed by atoms with Crippen molar-refractivity contribution in [2.24, 2.45) is 0 Å². The molecule has 172 valence electrons. The summed E-state index contributed by atoms with van der Waals surface area (Å²) in [6, 6.07) is 15.5. The molecular weight excluding hydrogens is 438 g/mol. The first-order valence-corrected chi connectivity index (χ1v) is 11.9. The molecule has 2 aromatic carbocycles. The number of hydrogen-bond acceptors (Lipinski definition) is 6. The first-order valence-electron chi connectivity index (χ1n) is 10.9. The molecule has 0 saturated carbocycles. The van der Waals surface area contributed by atoms with E-state index in [1.165, 1.54) is 22.9 Å². The van der Waals surface area contributed by atoms with Gasteiger partial charge in [-0.25, -0.2) is 0 Å². The molecule has 33 heavy (non-hydrogen) atoms. The van der Waals surface area contributed by atoms with Crippen LogP contribution in [-0.2, 0) is 35.5 Å². The van der Waals surface area contributed by atoms with Crippen LogP contribution in [-0.4, -0.2) is 50.9 Å². The number of anilines is 1. The molecule has 1 aliphatic heterocycles. The van der Waals surface area contributed by atoms with E-state index < -0.39 is 0 Å². The molecule has 0 spiro atoms. The lowest BCUT2D eigenvalue weighted by Crippen LogP contribution is -2.37. The van der Waals surface area contributed by atoms with Crippen molar-refractivity contribution < 1.29 is 14.3 Å². The smallest absolute Gasteiger partial charge is 0.233 e. The SMILES string of the molecule is CCn1c(CC(=O)Nc2ccccc2OC)nnc1SCC(=O)N1CCc2ccccc2C1. The molecular formula is C24H27N5O3S. The van der Waals surface area contributed by atoms with Crippen LogP contribution in [0, 0.1) is 0 Å². The van der Waals surface area contributed by atoms with E-state index in [4.69, 9.17) is 4.74 Å². The summed E-state index contributed by atoms with van der Waals surface area (Å²) in [5.74, 6) is 1.31. The van der Waals surface area contributed by atoms with Gasteiger partial charge in [-0.15, -0.1) is 10.2 Å². The van der Waals surface area contributed by atoms with Crippen molar-refractivity contribution in [2.75, 3.05) is 24.7 Å². The Kier molecular flexibility index (Phi) is 7.29. The van der Waals surface area contributed by atoms with Gasteiger partial charge < -0.3 is 19.5 Å². The molecule has 4 rings (SSSR count). The Balaban J connectivity index is 1.35. The normalized spacial score (nSPS) is 12.8. The Morgan fingerprint density at radius 2 is 1.85 bits per heavy atom. The molecule has 1 N–H and O–H groups in total. The summed E-state index contributed by atoms with van der Waals surface area (Å²) >= 11 is 1.36. The number of ether oxygens (including phenoxy) is 1. The number of nitrogens with zero attached hydrogens (tertiary/aromatic N) is 4. The lowest BCUT2D eigenvalue weighted by atomic mass is 10.00. The van der Waals surface area contributed by atoms with E-state index in [9.17, 15) is 9.59 Å². The minimum atomic E-state index is -0.207. The largest absolute Gasteiger partial charge is 0.495 e. The van der Waals surface area contributed by atoms with Gasteiger partial charge in [0.2, 0.25) is 11.8 Å². The monoisotopic (exact) mass is 465 g/mol. The quantitative estimate of drug-likeness (QED) is 0.514. The highest BCUT2D eigenvalue weighted by Crippen LogP contribution is 2.24. The lowest BCUT2D eigenvalue weighted by molar-refractivity contribution is -0.129. The second-order valence-corrected chi connectivity index (χ2v) is 8.63. The Morgan fingerprint density at radius 1 is 1.09 bits per heavy atom. The molecule has 0 fully saturated rings. The topological polar surface area (TPSA) is 89.4 Å². The highest BCUT2D eigenvalue weighted by molar-refractivity contribution is 7.99. The van der Waals surface area contributed by atoms with Crippen LogP contribution in [0.1, 0.15) is 23.9 Å². The van der Waals surface area contributed by atoms with Crippen molar-refractivity contribution in [2.45, 2.75) is 38.0 Å². The van der Waals surface area contributed by atoms with Crippen LogP contribution in [0.5, 0.6) is 5.75 Å². The van der Waals surface area contributed by atoms with Gasteiger partial charge in [0.05, 0.1) is 25.0 Å². The summed E-state index contributed by atoms with van der Waals surface area (Å²) in [6.45, 7) is 3.95. The molecule has 8 nitrogen and oxygen atoms in total. The third-order valence-corrected chi connectivity index (χ3v) is 6.57. The number of benzene rings is 2. The van der Waals surface area contributed by atoms with Crippen molar-refractivity contribution in [1.29, 1.82) is 0 Å². The number of aromatic nitrogens is 3. The summed E-state index contributed by atoms with van der Waals surface area (Å²) < 4.78 is 7.16. The third kappa shape index (κ3) is 5.36. The van der Waals surface area contributed by atoms with Crippen molar-refractivity contribution in [3.63, 3.8) is 0 Å². The van der Waals surface area contributed by atoms with E-state index in [1.54, 1.807) is 19.2 Å². The number of nitrogens with one attached hydrogen (secondary N) is 1. The fraction of sp³-hybridized carbons (Fsp3) is 0.333. The second kappa shape index (κ2) is 10.5. The van der Waals surface area contributed by atoms with E-state index in [0.29, 0.717) is 35.5 Å². The van der Waals surface area contributed by atoms with E-state index in [1.807, 2.05) is 40.7 Å². The van der Waals surface area contributed by atoms with Crippen LogP contribution < -0.4 is 10.1 Å². The molecule has 0 unspecified atom stereocenters. The molecule has 3 aromatic rings. The molecule has 1 aromatic heterocycles. The maximum atomic E-state index is 12.8. The fourth-order valence-corrected chi connectivity index (χ4v) is 4.81. The van der Waals surface area contributed by atoms with Gasteiger partial charge in [-0.05, 0) is 36.6 Å². The molecule has 2 heterocycles. The van der Waals surface area contributed by atoms with Gasteiger partial charge in [-0.2, -0.15) is 0 Å². The zero-order valence-corrected chi connectivity index (χ0v) is 19.6. The van der Waals surface area contributed by atoms with Gasteiger partial charge >= 0.3 is 0 Å². The van der Waals surface area contributed by atoms with Crippen LogP contribution in [0.3, 0.4) is 0 Å². The van der Waals surface area contributed by atoms with Crippen LogP contribution >= 0.6 is 11.8 Å². The number of methoxy groups -OCH3 is 1. The number of hydrogen-bond donors (Lipinski definition) is 1. The highest BCUT2D eigenvalue weighted by atomic mass is 32.2. The first-order chi connectivity index (χ1) is 16.1. The number of amides is 2. The summed E-state index contributed by atoms with van der Waals surface area (Å²) in [5, 5.41) is 11.9. The summed E-state index contributed by atoms with van der Waals surface area (Å²) in [4.78, 5) is 27.3. The minimum absolute atomic E-state index is 0.0793. The number of carbonyl (C=O) groups excluding carboxylic acids is 2. The number of fused-ring (bicyclic) bond motifs is 1. The molecule has 1 aliphatic rings. The van der Waals surface area contributed by atoms with Crippen molar-refractivity contribution >= 4 is 29.3 Å². The van der Waals surface area contributed by atoms with Gasteiger partial charge in [0, 0.05) is 19.6 Å². The van der Waals surface area contributed by atoms with Gasteiger partial charge in [0.15, 0.2) is 5.16 Å². The van der Waals surface area contributed by atoms with Gasteiger partial charge in [-0.3, -0.25) is 9.59 Å². The van der Waals surface area contributed by atoms with E-state index in [-0.39, 0.29) is 24.0 Å². The minimum Gasteiger partial charge on any atom is -0.495 e. The standard InChI is InChI=1S/C24H27N5O3S/c1-3-29-21(14-22(30)25-19-10-6-7-11-20(19)32-2)26-27-24(29)33-16-23(31)28-13-12-17-8-4-5-9-18(17)15-28/h4-11H,3,12-16H2,1-2H3,(H,25,30). The molecule has 9 heteroatoms. The number of thioether (sulfide) groups is 1. The Hall–Kier alpha value is -3.33. The number of para-hydroxylation sites is 2. The summed E-state index contributed by atoms with van der Waals surface area (Å²) in [5.41, 5.74) is 3.13. The van der Waals surface area contributed by atoms with Gasteiger partial charge in [0.1, 0.15) is 11.6 Å². The van der Waals surface area contributed by atoms with E-state index in [0.717, 1.165) is 13.0 Å². The second-order valence-electron chi connectivity index (χ2n) is 7.69. The zero-order chi connectivity index (χ0) is 23.2. The molecule has 0 saturated heterocycles. The zero-order valence-electron chi connectivity index (χ0n) is 18.8. The van der Waals surface area contributed by atoms with Crippen LogP contribution in [0.4, 0.5) is 5.69 Å². The molecule has 2 amide bonds. The van der Waals surface area contributed by atoms with Crippen molar-refractivity contribution in [3.05, 3.63) is 65.5 Å². The fourth-order valence-electron chi connectivity index (χ4n) is 3.89. The Bertz CT molecular complexity index is 1150. The summed E-state index contributed by atoms with van der Waals surface area (Å²) in [6.07, 6.45) is 0.958. The summed E-state index contributed by atoms with van der Waals surface area (Å²) in [7, 11) is 1.56. The maximum absolute atomic E-state index is 12.8. The Labute approximate surface area is 197 Å².